The predicted molar refractivity (Wildman–Crippen MR) is 63.6 cm³/mol. The molecule has 0 amide bonds. The molecule has 2 rings (SSSR count). The van der Waals surface area contributed by atoms with Crippen LogP contribution in [0.5, 0.6) is 0 Å². The zero-order valence-corrected chi connectivity index (χ0v) is 10.3. The van der Waals surface area contributed by atoms with Gasteiger partial charge in [0.05, 0.1) is 17.5 Å². The van der Waals surface area contributed by atoms with Gasteiger partial charge in [0.15, 0.2) is 5.82 Å². The summed E-state index contributed by atoms with van der Waals surface area (Å²) in [4.78, 5) is 3.81. The van der Waals surface area contributed by atoms with E-state index >= 15 is 0 Å². The van der Waals surface area contributed by atoms with E-state index < -0.39 is 11.7 Å². The number of hydrogen-bond donors (Lipinski definition) is 1. The summed E-state index contributed by atoms with van der Waals surface area (Å²) >= 11 is 0. The second kappa shape index (κ2) is 5.00. The first-order chi connectivity index (χ1) is 8.97. The Morgan fingerprint density at radius 1 is 1.26 bits per heavy atom. The normalized spacial score (nSPS) is 11.8. The summed E-state index contributed by atoms with van der Waals surface area (Å²) in [6.45, 7) is 2.26. The maximum Gasteiger partial charge on any atom is 0.417 e. The van der Waals surface area contributed by atoms with Crippen molar-refractivity contribution in [3.05, 3.63) is 41.3 Å². The highest BCUT2D eigenvalue weighted by Crippen LogP contribution is 2.28. The van der Waals surface area contributed by atoms with Crippen molar-refractivity contribution in [1.29, 1.82) is 0 Å². The highest BCUT2D eigenvalue weighted by molar-refractivity contribution is 5.31. The van der Waals surface area contributed by atoms with Crippen LogP contribution in [0.15, 0.2) is 24.5 Å². The first kappa shape index (κ1) is 13.5. The summed E-state index contributed by atoms with van der Waals surface area (Å²) in [5.41, 5.74) is 6.52. The van der Waals surface area contributed by atoms with E-state index in [1.165, 1.54) is 10.7 Å². The molecule has 19 heavy (non-hydrogen) atoms. The Kier molecular flexibility index (Phi) is 3.57. The number of halogens is 3. The molecule has 2 N–H and O–H groups in total. The first-order valence-corrected chi connectivity index (χ1v) is 5.76. The van der Waals surface area contributed by atoms with E-state index in [-0.39, 0.29) is 0 Å². The zero-order chi connectivity index (χ0) is 14.0. The van der Waals surface area contributed by atoms with Gasteiger partial charge in [0, 0.05) is 18.3 Å². The Balaban J connectivity index is 2.40. The lowest BCUT2D eigenvalue weighted by atomic mass is 10.2. The number of rotatable bonds is 3. The van der Waals surface area contributed by atoms with E-state index in [1.54, 1.807) is 6.20 Å². The molecule has 0 bridgehead atoms. The van der Waals surface area contributed by atoms with Crippen molar-refractivity contribution < 1.29 is 13.2 Å². The maximum atomic E-state index is 12.4. The molecule has 0 saturated carbocycles. The van der Waals surface area contributed by atoms with Crippen LogP contribution < -0.4 is 5.73 Å². The number of hydrogen-bond acceptors (Lipinski definition) is 3. The molecule has 0 aromatic carbocycles. The first-order valence-electron chi connectivity index (χ1n) is 5.76. The van der Waals surface area contributed by atoms with Crippen LogP contribution in [0, 0.1) is 0 Å². The molecule has 0 saturated heterocycles. The third kappa shape index (κ3) is 2.60. The van der Waals surface area contributed by atoms with E-state index in [4.69, 9.17) is 5.73 Å². The predicted octanol–water partition coefficient (Wildman–Crippen LogP) is 2.31. The van der Waals surface area contributed by atoms with Crippen molar-refractivity contribution in [3.8, 4) is 5.82 Å². The lowest BCUT2D eigenvalue weighted by Gasteiger charge is -2.09. The summed E-state index contributed by atoms with van der Waals surface area (Å²) in [5.74, 6) is 0.351. The SMILES string of the molecule is CCc1c(CN)cnn1-c1ccc(C(F)(F)F)cn1. The lowest BCUT2D eigenvalue weighted by Crippen LogP contribution is -2.09. The van der Waals surface area contributed by atoms with Crippen molar-refractivity contribution in [2.75, 3.05) is 0 Å². The quantitative estimate of drug-likeness (QED) is 0.931. The second-order valence-corrected chi connectivity index (χ2v) is 3.99. The summed E-state index contributed by atoms with van der Waals surface area (Å²) in [7, 11) is 0. The summed E-state index contributed by atoms with van der Waals surface area (Å²) < 4.78 is 38.9. The summed E-state index contributed by atoms with van der Waals surface area (Å²) in [5, 5.41) is 4.11. The largest absolute Gasteiger partial charge is 0.417 e. The molecule has 0 atom stereocenters. The Morgan fingerprint density at radius 2 is 2.00 bits per heavy atom. The topological polar surface area (TPSA) is 56.7 Å². The molecule has 0 aliphatic rings. The molecule has 0 fully saturated rings. The number of nitrogens with zero attached hydrogens (tertiary/aromatic N) is 3. The van der Waals surface area contributed by atoms with Gasteiger partial charge in [-0.3, -0.25) is 0 Å². The minimum Gasteiger partial charge on any atom is -0.326 e. The van der Waals surface area contributed by atoms with Gasteiger partial charge < -0.3 is 5.73 Å². The third-order valence-corrected chi connectivity index (χ3v) is 2.80. The van der Waals surface area contributed by atoms with Gasteiger partial charge in [-0.2, -0.15) is 18.3 Å². The standard InChI is InChI=1S/C12H13F3N4/c1-2-10-8(5-16)6-18-19(10)11-4-3-9(7-17-11)12(13,14)15/h3-4,6-7H,2,5,16H2,1H3. The Morgan fingerprint density at radius 3 is 2.47 bits per heavy atom. The van der Waals surface area contributed by atoms with Crippen LogP contribution in [-0.2, 0) is 19.1 Å². The van der Waals surface area contributed by atoms with E-state index in [2.05, 4.69) is 10.1 Å². The minimum absolute atomic E-state index is 0.337. The van der Waals surface area contributed by atoms with Crippen LogP contribution in [0.2, 0.25) is 0 Å². The Bertz CT molecular complexity index is 557. The van der Waals surface area contributed by atoms with Crippen LogP contribution in [0.4, 0.5) is 13.2 Å². The lowest BCUT2D eigenvalue weighted by molar-refractivity contribution is -0.137. The second-order valence-electron chi connectivity index (χ2n) is 3.99. The van der Waals surface area contributed by atoms with Gasteiger partial charge in [0.1, 0.15) is 0 Å². The van der Waals surface area contributed by atoms with Gasteiger partial charge in [-0.05, 0) is 18.6 Å². The van der Waals surface area contributed by atoms with Crippen LogP contribution in [0.1, 0.15) is 23.7 Å². The van der Waals surface area contributed by atoms with E-state index in [9.17, 15) is 13.2 Å². The highest BCUT2D eigenvalue weighted by atomic mass is 19.4. The van der Waals surface area contributed by atoms with Gasteiger partial charge in [0.25, 0.3) is 0 Å². The molecule has 0 spiro atoms. The Labute approximate surface area is 108 Å². The van der Waals surface area contributed by atoms with Crippen LogP contribution in [0.25, 0.3) is 5.82 Å². The summed E-state index contributed by atoms with van der Waals surface area (Å²) in [6, 6.07) is 2.29. The summed E-state index contributed by atoms with van der Waals surface area (Å²) in [6.07, 6.45) is -1.29. The average molecular weight is 270 g/mol. The smallest absolute Gasteiger partial charge is 0.326 e. The molecule has 0 unspecified atom stereocenters. The van der Waals surface area contributed by atoms with Gasteiger partial charge in [-0.15, -0.1) is 0 Å². The molecule has 2 aromatic heterocycles. The van der Waals surface area contributed by atoms with E-state index in [0.29, 0.717) is 18.8 Å². The van der Waals surface area contributed by atoms with Crippen molar-refractivity contribution in [1.82, 2.24) is 14.8 Å². The van der Waals surface area contributed by atoms with Crippen LogP contribution in [-0.4, -0.2) is 14.8 Å². The molecule has 7 heteroatoms. The zero-order valence-electron chi connectivity index (χ0n) is 10.3. The van der Waals surface area contributed by atoms with Crippen molar-refractivity contribution >= 4 is 0 Å². The number of alkyl halides is 3. The van der Waals surface area contributed by atoms with Crippen molar-refractivity contribution in [2.45, 2.75) is 26.1 Å². The highest BCUT2D eigenvalue weighted by Gasteiger charge is 2.30. The molecule has 102 valence electrons. The van der Waals surface area contributed by atoms with Gasteiger partial charge >= 0.3 is 6.18 Å². The fraction of sp³-hybridized carbons (Fsp3) is 0.333. The number of nitrogens with two attached hydrogens (primary N) is 1. The fourth-order valence-electron chi connectivity index (χ4n) is 1.83. The van der Waals surface area contributed by atoms with Crippen LogP contribution in [0.3, 0.4) is 0 Å². The van der Waals surface area contributed by atoms with Gasteiger partial charge in [0.2, 0.25) is 0 Å². The van der Waals surface area contributed by atoms with Crippen molar-refractivity contribution in [2.24, 2.45) is 5.73 Å². The molecule has 2 aromatic rings. The van der Waals surface area contributed by atoms with E-state index in [1.807, 2.05) is 6.92 Å². The average Bonchev–Trinajstić information content (AvgIpc) is 2.80. The monoisotopic (exact) mass is 270 g/mol. The molecule has 2 heterocycles. The van der Waals surface area contributed by atoms with Crippen molar-refractivity contribution in [3.63, 3.8) is 0 Å². The molecular formula is C12H13F3N4. The van der Waals surface area contributed by atoms with Gasteiger partial charge in [-0.25, -0.2) is 9.67 Å². The van der Waals surface area contributed by atoms with Crippen LogP contribution >= 0.6 is 0 Å². The van der Waals surface area contributed by atoms with Gasteiger partial charge in [-0.1, -0.05) is 6.92 Å². The number of aromatic nitrogens is 3. The molecule has 0 radical (unpaired) electrons. The fourth-order valence-corrected chi connectivity index (χ4v) is 1.83. The molecule has 0 aliphatic carbocycles. The maximum absolute atomic E-state index is 12.4. The Hall–Kier alpha value is -1.89. The minimum atomic E-state index is -4.38. The molecular weight excluding hydrogens is 257 g/mol. The molecule has 0 aliphatic heterocycles. The van der Waals surface area contributed by atoms with E-state index in [0.717, 1.165) is 23.5 Å². The number of pyridine rings is 1. The molecule has 4 nitrogen and oxygen atoms in total. The third-order valence-electron chi connectivity index (χ3n) is 2.80.